The normalized spacial score (nSPS) is 11.9. The molecule has 2 aromatic rings. The van der Waals surface area contributed by atoms with Gasteiger partial charge in [-0.2, -0.15) is 0 Å². The first kappa shape index (κ1) is 19.3. The van der Waals surface area contributed by atoms with Gasteiger partial charge in [0.15, 0.2) is 6.10 Å². The van der Waals surface area contributed by atoms with Gasteiger partial charge in [0.05, 0.1) is 0 Å². The van der Waals surface area contributed by atoms with Crippen LogP contribution < -0.4 is 10.1 Å². The van der Waals surface area contributed by atoms with Crippen molar-refractivity contribution in [1.29, 1.82) is 0 Å². The van der Waals surface area contributed by atoms with Crippen molar-refractivity contribution in [2.75, 3.05) is 6.54 Å². The van der Waals surface area contributed by atoms with E-state index in [-0.39, 0.29) is 5.91 Å². The maximum Gasteiger partial charge on any atom is 0.260 e. The van der Waals surface area contributed by atoms with Gasteiger partial charge in [-0.15, -0.1) is 0 Å². The minimum Gasteiger partial charge on any atom is -0.481 e. The van der Waals surface area contributed by atoms with Gasteiger partial charge >= 0.3 is 0 Å². The van der Waals surface area contributed by atoms with Crippen molar-refractivity contribution < 1.29 is 9.53 Å². The monoisotopic (exact) mass is 359 g/mol. The molecule has 3 nitrogen and oxygen atoms in total. The van der Waals surface area contributed by atoms with Crippen LogP contribution in [-0.4, -0.2) is 18.6 Å². The highest BCUT2D eigenvalue weighted by atomic mass is 35.5. The fourth-order valence-electron chi connectivity index (χ4n) is 2.70. The number of benzene rings is 2. The highest BCUT2D eigenvalue weighted by Crippen LogP contribution is 2.24. The SMILES string of the molecule is Cc1cc(C)c(C)c(O[C@@H](C)C(=O)NCCCc2ccccc2Cl)c1. The molecule has 2 rings (SSSR count). The molecular weight excluding hydrogens is 334 g/mol. The molecule has 0 saturated carbocycles. The van der Waals surface area contributed by atoms with Gasteiger partial charge in [-0.25, -0.2) is 0 Å². The lowest BCUT2D eigenvalue weighted by Gasteiger charge is -2.18. The third kappa shape index (κ3) is 5.50. The maximum atomic E-state index is 12.2. The third-order valence-corrected chi connectivity index (χ3v) is 4.69. The predicted octanol–water partition coefficient (Wildman–Crippen LogP) is 4.78. The largest absolute Gasteiger partial charge is 0.481 e. The first-order valence-electron chi connectivity index (χ1n) is 8.64. The Balaban J connectivity index is 1.82. The van der Waals surface area contributed by atoms with Crippen molar-refractivity contribution in [3.05, 3.63) is 63.7 Å². The molecule has 0 aromatic heterocycles. The van der Waals surface area contributed by atoms with E-state index in [0.29, 0.717) is 6.54 Å². The van der Waals surface area contributed by atoms with Crippen LogP contribution in [0.25, 0.3) is 0 Å². The smallest absolute Gasteiger partial charge is 0.260 e. The minimum absolute atomic E-state index is 0.0993. The molecule has 0 bridgehead atoms. The zero-order chi connectivity index (χ0) is 18.4. The standard InChI is InChI=1S/C21H26ClNO2/c1-14-12-15(2)16(3)20(13-14)25-17(4)21(24)23-11-7-9-18-8-5-6-10-19(18)22/h5-6,8,10,12-13,17H,7,9,11H2,1-4H3,(H,23,24)/t17-/m0/s1. The highest BCUT2D eigenvalue weighted by molar-refractivity contribution is 6.31. The van der Waals surface area contributed by atoms with E-state index in [0.717, 1.165) is 40.3 Å². The molecule has 0 unspecified atom stereocenters. The summed E-state index contributed by atoms with van der Waals surface area (Å²) < 4.78 is 5.87. The summed E-state index contributed by atoms with van der Waals surface area (Å²) in [5.41, 5.74) is 4.48. The Morgan fingerprint density at radius 1 is 1.20 bits per heavy atom. The lowest BCUT2D eigenvalue weighted by atomic mass is 10.1. The molecular formula is C21H26ClNO2. The lowest BCUT2D eigenvalue weighted by Crippen LogP contribution is -2.37. The predicted molar refractivity (Wildman–Crippen MR) is 104 cm³/mol. The number of carbonyl (C=O) groups is 1. The highest BCUT2D eigenvalue weighted by Gasteiger charge is 2.16. The van der Waals surface area contributed by atoms with Crippen LogP contribution in [0.2, 0.25) is 5.02 Å². The quantitative estimate of drug-likeness (QED) is 0.722. The molecule has 0 saturated heterocycles. The maximum absolute atomic E-state index is 12.2. The number of aryl methyl sites for hydroxylation is 3. The molecule has 134 valence electrons. The first-order chi connectivity index (χ1) is 11.9. The van der Waals surface area contributed by atoms with Crippen molar-refractivity contribution in [3.8, 4) is 5.75 Å². The van der Waals surface area contributed by atoms with Crippen LogP contribution in [0.5, 0.6) is 5.75 Å². The van der Waals surface area contributed by atoms with E-state index in [1.54, 1.807) is 6.92 Å². The fourth-order valence-corrected chi connectivity index (χ4v) is 2.93. The molecule has 0 spiro atoms. The van der Waals surface area contributed by atoms with E-state index in [1.807, 2.05) is 44.2 Å². The number of nitrogens with one attached hydrogen (secondary N) is 1. The van der Waals surface area contributed by atoms with Gasteiger partial charge in [-0.3, -0.25) is 4.79 Å². The van der Waals surface area contributed by atoms with Crippen LogP contribution in [0.3, 0.4) is 0 Å². The van der Waals surface area contributed by atoms with E-state index in [4.69, 9.17) is 16.3 Å². The number of amides is 1. The van der Waals surface area contributed by atoms with E-state index in [1.165, 1.54) is 5.56 Å². The second-order valence-electron chi connectivity index (χ2n) is 6.45. The summed E-state index contributed by atoms with van der Waals surface area (Å²) in [4.78, 5) is 12.2. The van der Waals surface area contributed by atoms with Crippen LogP contribution in [0.15, 0.2) is 36.4 Å². The summed E-state index contributed by atoms with van der Waals surface area (Å²) in [6, 6.07) is 11.9. The molecule has 0 aliphatic heterocycles. The van der Waals surface area contributed by atoms with Crippen LogP contribution >= 0.6 is 11.6 Å². The Hall–Kier alpha value is -2.00. The molecule has 0 aliphatic rings. The van der Waals surface area contributed by atoms with Crippen molar-refractivity contribution in [3.63, 3.8) is 0 Å². The van der Waals surface area contributed by atoms with Crippen LogP contribution in [0.4, 0.5) is 0 Å². The zero-order valence-corrected chi connectivity index (χ0v) is 16.1. The minimum atomic E-state index is -0.528. The Morgan fingerprint density at radius 2 is 1.92 bits per heavy atom. The molecule has 1 amide bonds. The Labute approximate surface area is 155 Å². The summed E-state index contributed by atoms with van der Waals surface area (Å²) >= 11 is 6.14. The Kier molecular flexibility index (Phi) is 6.89. The molecule has 25 heavy (non-hydrogen) atoms. The van der Waals surface area contributed by atoms with E-state index in [9.17, 15) is 4.79 Å². The van der Waals surface area contributed by atoms with E-state index < -0.39 is 6.10 Å². The van der Waals surface area contributed by atoms with Gasteiger partial charge in [0, 0.05) is 11.6 Å². The van der Waals surface area contributed by atoms with Gasteiger partial charge in [0.1, 0.15) is 5.75 Å². The van der Waals surface area contributed by atoms with Gasteiger partial charge in [0.25, 0.3) is 5.91 Å². The van der Waals surface area contributed by atoms with Gasteiger partial charge in [0.2, 0.25) is 0 Å². The summed E-state index contributed by atoms with van der Waals surface area (Å²) in [5.74, 6) is 0.675. The average Bonchev–Trinajstić information content (AvgIpc) is 2.57. The molecule has 1 N–H and O–H groups in total. The van der Waals surface area contributed by atoms with Gasteiger partial charge in [-0.1, -0.05) is 35.9 Å². The molecule has 0 fully saturated rings. The first-order valence-corrected chi connectivity index (χ1v) is 9.02. The summed E-state index contributed by atoms with van der Waals surface area (Å²) in [5, 5.41) is 3.71. The molecule has 4 heteroatoms. The molecule has 2 aromatic carbocycles. The van der Waals surface area contributed by atoms with Crippen LogP contribution in [-0.2, 0) is 11.2 Å². The summed E-state index contributed by atoms with van der Waals surface area (Å²) in [6.45, 7) is 8.47. The summed E-state index contributed by atoms with van der Waals surface area (Å²) in [7, 11) is 0. The molecule has 0 aliphatic carbocycles. The zero-order valence-electron chi connectivity index (χ0n) is 15.4. The third-order valence-electron chi connectivity index (χ3n) is 4.32. The average molecular weight is 360 g/mol. The molecule has 1 atom stereocenters. The lowest BCUT2D eigenvalue weighted by molar-refractivity contribution is -0.127. The Bertz CT molecular complexity index is 743. The number of hydrogen-bond acceptors (Lipinski definition) is 2. The summed E-state index contributed by atoms with van der Waals surface area (Å²) in [6.07, 6.45) is 1.15. The number of halogens is 1. The van der Waals surface area contributed by atoms with Gasteiger partial charge in [-0.05, 0) is 74.9 Å². The molecule has 0 heterocycles. The second kappa shape index (κ2) is 8.91. The van der Waals surface area contributed by atoms with E-state index >= 15 is 0 Å². The van der Waals surface area contributed by atoms with Crippen molar-refractivity contribution in [2.24, 2.45) is 0 Å². The van der Waals surface area contributed by atoms with Crippen molar-refractivity contribution >= 4 is 17.5 Å². The van der Waals surface area contributed by atoms with Crippen molar-refractivity contribution in [2.45, 2.75) is 46.6 Å². The van der Waals surface area contributed by atoms with Crippen LogP contribution in [0.1, 0.15) is 35.6 Å². The number of hydrogen-bond donors (Lipinski definition) is 1. The fraction of sp³-hybridized carbons (Fsp3) is 0.381. The van der Waals surface area contributed by atoms with Crippen LogP contribution in [0, 0.1) is 20.8 Å². The topological polar surface area (TPSA) is 38.3 Å². The van der Waals surface area contributed by atoms with E-state index in [2.05, 4.69) is 18.3 Å². The van der Waals surface area contributed by atoms with Gasteiger partial charge < -0.3 is 10.1 Å². The second-order valence-corrected chi connectivity index (χ2v) is 6.86. The number of rotatable bonds is 7. The molecule has 0 radical (unpaired) electrons. The number of ether oxygens (including phenoxy) is 1. The van der Waals surface area contributed by atoms with Crippen molar-refractivity contribution in [1.82, 2.24) is 5.32 Å². The number of carbonyl (C=O) groups excluding carboxylic acids is 1. The Morgan fingerprint density at radius 3 is 2.64 bits per heavy atom.